The zero-order valence-electron chi connectivity index (χ0n) is 17.0. The van der Waals surface area contributed by atoms with Crippen LogP contribution in [0.4, 0.5) is 0 Å². The molecule has 4 heteroatoms. The fourth-order valence-electron chi connectivity index (χ4n) is 3.25. The number of nitrogens with one attached hydrogen (secondary N) is 1. The summed E-state index contributed by atoms with van der Waals surface area (Å²) in [6.07, 6.45) is -0.616. The first kappa shape index (κ1) is 21.6. The fraction of sp³-hybridized carbons (Fsp3) is 0.478. The molecule has 0 fully saturated rings. The van der Waals surface area contributed by atoms with Crippen molar-refractivity contribution < 1.29 is 20.1 Å². The number of ether oxygens (including phenoxy) is 1. The Morgan fingerprint density at radius 2 is 1.59 bits per heavy atom. The maximum Gasteiger partial charge on any atom is 0.127 e. The van der Waals surface area contributed by atoms with Gasteiger partial charge in [-0.15, -0.1) is 0 Å². The van der Waals surface area contributed by atoms with Crippen LogP contribution in [0, 0.1) is 6.92 Å². The Balaban J connectivity index is 1.87. The van der Waals surface area contributed by atoms with Gasteiger partial charge in [-0.3, -0.25) is 0 Å². The zero-order chi connectivity index (χ0) is 19.5. The fourth-order valence-corrected chi connectivity index (χ4v) is 3.25. The van der Waals surface area contributed by atoms with Gasteiger partial charge in [0.2, 0.25) is 0 Å². The van der Waals surface area contributed by atoms with Crippen molar-refractivity contribution in [3.05, 3.63) is 71.3 Å². The van der Waals surface area contributed by atoms with Crippen molar-refractivity contribution in [3.63, 3.8) is 0 Å². The first-order chi connectivity index (χ1) is 13.1. The molecular weight excluding hydrogens is 336 g/mol. The zero-order valence-corrected chi connectivity index (χ0v) is 17.0. The van der Waals surface area contributed by atoms with Crippen LogP contribution in [0.25, 0.3) is 0 Å². The largest absolute Gasteiger partial charge is 0.385 e. The molecule has 27 heavy (non-hydrogen) atoms. The second-order valence-corrected chi connectivity index (χ2v) is 7.21. The predicted molar refractivity (Wildman–Crippen MR) is 110 cm³/mol. The predicted octanol–water partition coefficient (Wildman–Crippen LogP) is 0.950. The van der Waals surface area contributed by atoms with Gasteiger partial charge in [-0.2, -0.15) is 0 Å². The number of aliphatic hydroxyl groups is 1. The molecule has 0 aliphatic heterocycles. The van der Waals surface area contributed by atoms with Crippen LogP contribution in [-0.4, -0.2) is 50.5 Å². The quantitative estimate of drug-likeness (QED) is 0.486. The highest BCUT2D eigenvalue weighted by atomic mass is 16.5. The van der Waals surface area contributed by atoms with Gasteiger partial charge in [0.05, 0.1) is 19.7 Å². The van der Waals surface area contributed by atoms with Crippen molar-refractivity contribution in [2.24, 2.45) is 0 Å². The lowest BCUT2D eigenvalue weighted by molar-refractivity contribution is -0.909. The summed E-state index contributed by atoms with van der Waals surface area (Å²) in [5.41, 5.74) is 3.46. The summed E-state index contributed by atoms with van der Waals surface area (Å²) in [4.78, 5) is 1.60. The van der Waals surface area contributed by atoms with E-state index in [1.165, 1.54) is 5.56 Å². The average molecular weight is 373 g/mol. The standard InChI is InChI=1S/C23H34N2O2/c1-4-25(5-2)16-15-24-17-22(26)18-27-23(20-9-7-6-8-10-20)21-13-11-19(3)12-14-21/h6-14,22-24,26H,4-5,15-18H2,1-3H3/p+2/t22-,23-/m0/s1. The maximum atomic E-state index is 10.4. The highest BCUT2D eigenvalue weighted by Crippen LogP contribution is 2.26. The van der Waals surface area contributed by atoms with Crippen LogP contribution in [-0.2, 0) is 4.74 Å². The van der Waals surface area contributed by atoms with Gasteiger partial charge in [0, 0.05) is 0 Å². The Morgan fingerprint density at radius 1 is 0.963 bits per heavy atom. The number of rotatable bonds is 12. The lowest BCUT2D eigenvalue weighted by Crippen LogP contribution is -3.14. The molecule has 2 aromatic rings. The lowest BCUT2D eigenvalue weighted by atomic mass is 10.0. The highest BCUT2D eigenvalue weighted by molar-refractivity contribution is 5.31. The Labute approximate surface area is 164 Å². The molecule has 2 atom stereocenters. The first-order valence-electron chi connectivity index (χ1n) is 10.2. The summed E-state index contributed by atoms with van der Waals surface area (Å²) in [5, 5.41) is 12.5. The molecule has 0 heterocycles. The summed E-state index contributed by atoms with van der Waals surface area (Å²) < 4.78 is 6.16. The van der Waals surface area contributed by atoms with E-state index in [1.54, 1.807) is 4.90 Å². The molecule has 0 aromatic heterocycles. The third kappa shape index (κ3) is 7.43. The summed E-state index contributed by atoms with van der Waals surface area (Å²) in [7, 11) is 0. The van der Waals surface area contributed by atoms with Crippen molar-refractivity contribution in [2.45, 2.75) is 33.0 Å². The van der Waals surface area contributed by atoms with Crippen LogP contribution in [0.2, 0.25) is 0 Å². The van der Waals surface area contributed by atoms with Crippen LogP contribution in [0.5, 0.6) is 0 Å². The normalized spacial score (nSPS) is 13.7. The molecule has 4 N–H and O–H groups in total. The highest BCUT2D eigenvalue weighted by Gasteiger charge is 2.17. The monoisotopic (exact) mass is 372 g/mol. The van der Waals surface area contributed by atoms with Crippen molar-refractivity contribution in [1.29, 1.82) is 0 Å². The molecule has 148 valence electrons. The minimum Gasteiger partial charge on any atom is -0.385 e. The van der Waals surface area contributed by atoms with Gasteiger partial charge in [0.25, 0.3) is 0 Å². The molecule has 0 aliphatic carbocycles. The van der Waals surface area contributed by atoms with Crippen molar-refractivity contribution in [1.82, 2.24) is 0 Å². The van der Waals surface area contributed by atoms with Gasteiger partial charge < -0.3 is 20.1 Å². The number of hydrogen-bond acceptors (Lipinski definition) is 2. The molecule has 0 radical (unpaired) electrons. The van der Waals surface area contributed by atoms with Crippen molar-refractivity contribution >= 4 is 0 Å². The number of nitrogens with two attached hydrogens (primary N) is 1. The molecule has 0 bridgehead atoms. The third-order valence-electron chi connectivity index (χ3n) is 5.08. The molecule has 0 amide bonds. The Hall–Kier alpha value is -1.72. The minimum absolute atomic E-state index is 0.151. The summed E-state index contributed by atoms with van der Waals surface area (Å²) >= 11 is 0. The number of aliphatic hydroxyl groups excluding tert-OH is 1. The third-order valence-corrected chi connectivity index (χ3v) is 5.08. The van der Waals surface area contributed by atoms with E-state index in [-0.39, 0.29) is 6.10 Å². The molecular formula is C23H36N2O2+2. The van der Waals surface area contributed by atoms with E-state index >= 15 is 0 Å². The van der Waals surface area contributed by atoms with Crippen molar-refractivity contribution in [2.75, 3.05) is 39.3 Å². The molecule has 0 aliphatic rings. The van der Waals surface area contributed by atoms with Crippen LogP contribution in [0.1, 0.15) is 36.6 Å². The SMILES string of the molecule is CC[NH+](CC)CC[NH2+]C[C@H](O)CO[C@@H](c1ccccc1)c1ccc(C)cc1. The van der Waals surface area contributed by atoms with E-state index in [2.05, 4.69) is 62.5 Å². The van der Waals surface area contributed by atoms with Crippen LogP contribution < -0.4 is 10.2 Å². The van der Waals surface area contributed by atoms with E-state index in [0.29, 0.717) is 13.2 Å². The van der Waals surface area contributed by atoms with Gasteiger partial charge in [-0.25, -0.2) is 0 Å². The first-order valence-corrected chi connectivity index (χ1v) is 10.2. The Kier molecular flexibility index (Phi) is 9.50. The van der Waals surface area contributed by atoms with Crippen LogP contribution in [0.3, 0.4) is 0 Å². The molecule has 0 unspecified atom stereocenters. The maximum absolute atomic E-state index is 10.4. The van der Waals surface area contributed by atoms with Crippen LogP contribution in [0.15, 0.2) is 54.6 Å². The Bertz CT molecular complexity index is 627. The van der Waals surface area contributed by atoms with Gasteiger partial charge in [0.1, 0.15) is 31.8 Å². The second kappa shape index (κ2) is 11.9. The molecule has 4 nitrogen and oxygen atoms in total. The smallest absolute Gasteiger partial charge is 0.127 e. The molecule has 0 spiro atoms. The number of likely N-dealkylation sites (N-methyl/N-ethyl adjacent to an activating group) is 1. The second-order valence-electron chi connectivity index (χ2n) is 7.21. The van der Waals surface area contributed by atoms with Crippen LogP contribution >= 0.6 is 0 Å². The summed E-state index contributed by atoms with van der Waals surface area (Å²) in [5.74, 6) is 0. The van der Waals surface area contributed by atoms with E-state index in [0.717, 1.165) is 37.3 Å². The summed E-state index contributed by atoms with van der Waals surface area (Å²) in [6, 6.07) is 18.7. The minimum atomic E-state index is -0.464. The summed E-state index contributed by atoms with van der Waals surface area (Å²) in [6.45, 7) is 12.0. The van der Waals surface area contributed by atoms with Gasteiger partial charge in [0.15, 0.2) is 0 Å². The lowest BCUT2D eigenvalue weighted by Gasteiger charge is -2.21. The van der Waals surface area contributed by atoms with E-state index in [1.807, 2.05) is 18.2 Å². The van der Waals surface area contributed by atoms with Gasteiger partial charge in [-0.1, -0.05) is 60.2 Å². The van der Waals surface area contributed by atoms with Crippen molar-refractivity contribution in [3.8, 4) is 0 Å². The molecule has 2 rings (SSSR count). The topological polar surface area (TPSA) is 50.5 Å². The average Bonchev–Trinajstić information content (AvgIpc) is 2.70. The number of hydrogen-bond donors (Lipinski definition) is 3. The number of aryl methyl sites for hydroxylation is 1. The molecule has 0 saturated carbocycles. The van der Waals surface area contributed by atoms with E-state index in [9.17, 15) is 5.11 Å². The molecule has 0 saturated heterocycles. The van der Waals surface area contributed by atoms with Gasteiger partial charge in [-0.05, 0) is 31.9 Å². The Morgan fingerprint density at radius 3 is 2.22 bits per heavy atom. The molecule has 2 aromatic carbocycles. The van der Waals surface area contributed by atoms with Gasteiger partial charge >= 0.3 is 0 Å². The van der Waals surface area contributed by atoms with E-state index < -0.39 is 6.10 Å². The number of quaternary nitrogens is 2. The van der Waals surface area contributed by atoms with E-state index in [4.69, 9.17) is 4.74 Å². The number of benzene rings is 2.